The fourth-order valence-corrected chi connectivity index (χ4v) is 2.80. The number of nitrogens with zero attached hydrogens (tertiary/aromatic N) is 2. The fourth-order valence-electron chi connectivity index (χ4n) is 2.80. The predicted molar refractivity (Wildman–Crippen MR) is 107 cm³/mol. The van der Waals surface area contributed by atoms with E-state index in [1.165, 1.54) is 25.1 Å². The number of aromatic nitrogens is 2. The minimum atomic E-state index is -4.61. The molecule has 2 rings (SSSR count). The van der Waals surface area contributed by atoms with Crippen molar-refractivity contribution < 1.29 is 18.0 Å². The van der Waals surface area contributed by atoms with Crippen LogP contribution in [0.1, 0.15) is 47.9 Å². The highest BCUT2D eigenvalue weighted by molar-refractivity contribution is 5.92. The Morgan fingerprint density at radius 1 is 1.31 bits per heavy atom. The lowest BCUT2D eigenvalue weighted by Crippen LogP contribution is -2.42. The van der Waals surface area contributed by atoms with Crippen LogP contribution in [0.15, 0.2) is 35.1 Å². The van der Waals surface area contributed by atoms with Gasteiger partial charge in [-0.1, -0.05) is 31.9 Å². The Labute approximate surface area is 172 Å². The largest absolute Gasteiger partial charge is 0.418 e. The molecule has 1 atom stereocenters. The van der Waals surface area contributed by atoms with Crippen molar-refractivity contribution in [3.63, 3.8) is 0 Å². The quantitative estimate of drug-likeness (QED) is 0.702. The summed E-state index contributed by atoms with van der Waals surface area (Å²) < 4.78 is 41.0. The number of carbonyl (C=O) groups is 1. The van der Waals surface area contributed by atoms with Gasteiger partial charge in [0.1, 0.15) is 0 Å². The van der Waals surface area contributed by atoms with Gasteiger partial charge in [-0.2, -0.15) is 18.3 Å². The molecule has 29 heavy (non-hydrogen) atoms. The van der Waals surface area contributed by atoms with Crippen molar-refractivity contribution >= 4 is 18.3 Å². The Morgan fingerprint density at radius 2 is 1.97 bits per heavy atom. The third kappa shape index (κ3) is 6.04. The number of nitrogens with one attached hydrogen (secondary N) is 1. The van der Waals surface area contributed by atoms with Crippen LogP contribution < -0.4 is 16.5 Å². The number of para-hydroxylation sites is 1. The highest BCUT2D eigenvalue weighted by Gasteiger charge is 2.34. The predicted octanol–water partition coefficient (Wildman–Crippen LogP) is 3.23. The molecule has 0 aliphatic rings. The average Bonchev–Trinajstić information content (AvgIpc) is 2.64. The van der Waals surface area contributed by atoms with E-state index >= 15 is 0 Å². The number of halogens is 4. The van der Waals surface area contributed by atoms with Crippen molar-refractivity contribution in [1.82, 2.24) is 15.1 Å². The first-order chi connectivity index (χ1) is 13.2. The van der Waals surface area contributed by atoms with Gasteiger partial charge in [0, 0.05) is 24.3 Å². The second-order valence-electron chi connectivity index (χ2n) is 6.47. The van der Waals surface area contributed by atoms with Crippen LogP contribution >= 0.6 is 12.4 Å². The number of unbranched alkanes of at least 4 members (excludes halogenated alkanes) is 1. The van der Waals surface area contributed by atoms with Crippen LogP contribution in [0.2, 0.25) is 0 Å². The molecule has 1 aromatic heterocycles. The van der Waals surface area contributed by atoms with Gasteiger partial charge in [-0.25, -0.2) is 4.68 Å². The molecule has 2 aromatic rings. The Morgan fingerprint density at radius 3 is 2.55 bits per heavy atom. The summed E-state index contributed by atoms with van der Waals surface area (Å²) in [5, 5.41) is 6.57. The van der Waals surface area contributed by atoms with Crippen molar-refractivity contribution in [2.24, 2.45) is 5.73 Å². The van der Waals surface area contributed by atoms with Gasteiger partial charge in [0.05, 0.1) is 11.3 Å². The monoisotopic (exact) mass is 432 g/mol. The van der Waals surface area contributed by atoms with E-state index < -0.39 is 28.8 Å². The summed E-state index contributed by atoms with van der Waals surface area (Å²) >= 11 is 0. The maximum atomic E-state index is 13.3. The van der Waals surface area contributed by atoms with Gasteiger partial charge in [0.15, 0.2) is 5.69 Å². The highest BCUT2D eigenvalue weighted by atomic mass is 35.5. The number of carbonyl (C=O) groups excluding carboxylic acids is 1. The lowest BCUT2D eigenvalue weighted by atomic mass is 10.1. The summed E-state index contributed by atoms with van der Waals surface area (Å²) in [6, 6.07) is 5.60. The summed E-state index contributed by atoms with van der Waals surface area (Å²) in [5.74, 6) is -0.755. The summed E-state index contributed by atoms with van der Waals surface area (Å²) in [4.78, 5) is 24.8. The van der Waals surface area contributed by atoms with Crippen LogP contribution in [0, 0.1) is 6.92 Å². The Kier molecular flexibility index (Phi) is 8.84. The number of benzene rings is 1. The summed E-state index contributed by atoms with van der Waals surface area (Å²) in [7, 11) is 0. The molecule has 1 unspecified atom stereocenters. The normalized spacial score (nSPS) is 12.2. The van der Waals surface area contributed by atoms with Gasteiger partial charge in [-0.15, -0.1) is 12.4 Å². The van der Waals surface area contributed by atoms with Crippen LogP contribution in [0.5, 0.6) is 0 Å². The van der Waals surface area contributed by atoms with E-state index in [-0.39, 0.29) is 36.4 Å². The van der Waals surface area contributed by atoms with Crippen molar-refractivity contribution in [2.75, 3.05) is 6.54 Å². The molecule has 0 aliphatic carbocycles. The highest BCUT2D eigenvalue weighted by Crippen LogP contribution is 2.33. The Balaban J connectivity index is 0.00000420. The summed E-state index contributed by atoms with van der Waals surface area (Å²) in [6.45, 7) is 3.63. The van der Waals surface area contributed by atoms with Gasteiger partial charge in [0.25, 0.3) is 5.91 Å². The molecule has 0 saturated carbocycles. The zero-order valence-corrected chi connectivity index (χ0v) is 16.9. The van der Waals surface area contributed by atoms with E-state index in [0.29, 0.717) is 6.42 Å². The van der Waals surface area contributed by atoms with Gasteiger partial charge >= 0.3 is 6.18 Å². The topological polar surface area (TPSA) is 90.0 Å². The molecular formula is C19H24ClF3N4O2. The van der Waals surface area contributed by atoms with E-state index in [9.17, 15) is 22.8 Å². The van der Waals surface area contributed by atoms with Gasteiger partial charge in [-0.05, 0) is 25.5 Å². The standard InChI is InChI=1S/C19H23F3N4O2.ClH/c1-3-4-7-13(11-23)24-18(28)17-16(27)10-12(2)26(25-17)15-9-6-5-8-14(15)19(20,21)22;/h5-6,8-10,13H,3-4,7,11,23H2,1-2H3,(H,24,28);1H. The number of aryl methyl sites for hydroxylation is 1. The number of hydrogen-bond donors (Lipinski definition) is 2. The van der Waals surface area contributed by atoms with Crippen LogP contribution in [0.3, 0.4) is 0 Å². The molecule has 10 heteroatoms. The van der Waals surface area contributed by atoms with Crippen LogP contribution in [0.25, 0.3) is 5.69 Å². The van der Waals surface area contributed by atoms with Crippen LogP contribution in [-0.4, -0.2) is 28.3 Å². The van der Waals surface area contributed by atoms with E-state index in [0.717, 1.165) is 29.7 Å². The smallest absolute Gasteiger partial charge is 0.347 e. The van der Waals surface area contributed by atoms with Crippen molar-refractivity contribution in [1.29, 1.82) is 0 Å². The lowest BCUT2D eigenvalue weighted by Gasteiger charge is -2.18. The fraction of sp³-hybridized carbons (Fsp3) is 0.421. The van der Waals surface area contributed by atoms with Crippen LogP contribution in [-0.2, 0) is 6.18 Å². The third-order valence-electron chi connectivity index (χ3n) is 4.29. The average molecular weight is 433 g/mol. The first-order valence-corrected chi connectivity index (χ1v) is 8.97. The Hall–Kier alpha value is -2.39. The molecule has 6 nitrogen and oxygen atoms in total. The first-order valence-electron chi connectivity index (χ1n) is 8.97. The van der Waals surface area contributed by atoms with Gasteiger partial charge in [-0.3, -0.25) is 9.59 Å². The van der Waals surface area contributed by atoms with E-state index in [2.05, 4.69) is 10.4 Å². The molecular weight excluding hydrogens is 409 g/mol. The number of rotatable bonds is 7. The molecule has 0 saturated heterocycles. The molecule has 0 aliphatic heterocycles. The Bertz CT molecular complexity index is 900. The zero-order chi connectivity index (χ0) is 20.9. The molecule has 1 aromatic carbocycles. The maximum Gasteiger partial charge on any atom is 0.418 e. The molecule has 0 fully saturated rings. The second kappa shape index (κ2) is 10.4. The molecule has 1 amide bonds. The molecule has 3 N–H and O–H groups in total. The summed E-state index contributed by atoms with van der Waals surface area (Å²) in [5.41, 5.74) is 3.51. The lowest BCUT2D eigenvalue weighted by molar-refractivity contribution is -0.137. The summed E-state index contributed by atoms with van der Waals surface area (Å²) in [6.07, 6.45) is -2.22. The number of amides is 1. The van der Waals surface area contributed by atoms with Gasteiger partial charge < -0.3 is 11.1 Å². The number of alkyl halides is 3. The van der Waals surface area contributed by atoms with Gasteiger partial charge in [0.2, 0.25) is 5.43 Å². The first kappa shape index (κ1) is 24.6. The number of nitrogens with two attached hydrogens (primary N) is 1. The molecule has 0 radical (unpaired) electrons. The SMILES string of the molecule is CCCCC(CN)NC(=O)c1nn(-c2ccccc2C(F)(F)F)c(C)cc1=O.Cl. The molecule has 160 valence electrons. The van der Waals surface area contributed by atoms with Crippen molar-refractivity contribution in [2.45, 2.75) is 45.3 Å². The van der Waals surface area contributed by atoms with E-state index in [1.807, 2.05) is 6.92 Å². The van der Waals surface area contributed by atoms with Crippen LogP contribution in [0.4, 0.5) is 13.2 Å². The molecule has 0 bridgehead atoms. The van der Waals surface area contributed by atoms with Crippen molar-refractivity contribution in [3.8, 4) is 5.69 Å². The zero-order valence-electron chi connectivity index (χ0n) is 16.1. The molecule has 1 heterocycles. The third-order valence-corrected chi connectivity index (χ3v) is 4.29. The number of hydrogen-bond acceptors (Lipinski definition) is 4. The van der Waals surface area contributed by atoms with Crippen molar-refractivity contribution in [3.05, 3.63) is 57.5 Å². The van der Waals surface area contributed by atoms with E-state index in [4.69, 9.17) is 5.73 Å². The van der Waals surface area contributed by atoms with E-state index in [1.54, 1.807) is 0 Å². The minimum Gasteiger partial charge on any atom is -0.347 e. The maximum absolute atomic E-state index is 13.3. The second-order valence-corrected chi connectivity index (χ2v) is 6.47. The minimum absolute atomic E-state index is 0. The molecule has 0 spiro atoms.